The van der Waals surface area contributed by atoms with Crippen molar-refractivity contribution in [3.05, 3.63) is 29.8 Å². The van der Waals surface area contributed by atoms with E-state index in [-0.39, 0.29) is 36.3 Å². The zero-order valence-electron chi connectivity index (χ0n) is 15.2. The van der Waals surface area contributed by atoms with Gasteiger partial charge in [-0.25, -0.2) is 0 Å². The quantitative estimate of drug-likeness (QED) is 0.547. The van der Waals surface area contributed by atoms with Gasteiger partial charge in [0.25, 0.3) is 0 Å². The lowest BCUT2D eigenvalue weighted by Crippen LogP contribution is -2.46. The summed E-state index contributed by atoms with van der Waals surface area (Å²) < 4.78 is 39.1. The van der Waals surface area contributed by atoms with Crippen LogP contribution in [0.2, 0.25) is 0 Å². The van der Waals surface area contributed by atoms with E-state index < -0.39 is 10.5 Å². The number of likely N-dealkylation sites (N-methyl/N-ethyl adjacent to an activating group) is 1. The minimum Gasteiger partial charge on any atom is -0.358 e. The fraction of sp³-hybridized carbons (Fsp3) is 0.444. The van der Waals surface area contributed by atoms with Crippen LogP contribution in [0.25, 0.3) is 0 Å². The normalized spacial score (nSPS) is 25.2. The fourth-order valence-corrected chi connectivity index (χ4v) is 5.08. The van der Waals surface area contributed by atoms with Crippen LogP contribution in [0, 0.1) is 12.3 Å². The van der Waals surface area contributed by atoms with Crippen LogP contribution in [0.15, 0.2) is 29.3 Å². The molecule has 2 aliphatic heterocycles. The van der Waals surface area contributed by atoms with Crippen LogP contribution in [0.5, 0.6) is 5.75 Å². The summed E-state index contributed by atoms with van der Waals surface area (Å²) in [6.07, 6.45) is 6.71. The fourth-order valence-electron chi connectivity index (χ4n) is 3.56. The van der Waals surface area contributed by atoms with Crippen molar-refractivity contribution < 1.29 is 21.3 Å². The van der Waals surface area contributed by atoms with Crippen LogP contribution in [0.4, 0.5) is 3.89 Å². The van der Waals surface area contributed by atoms with Crippen LogP contribution in [-0.2, 0) is 15.3 Å². The number of hydrogen-bond acceptors (Lipinski definition) is 7. The van der Waals surface area contributed by atoms with Gasteiger partial charge in [-0.05, 0) is 32.0 Å². The molecule has 0 unspecified atom stereocenters. The Kier molecular flexibility index (Phi) is 6.27. The number of aliphatic imine (C=N–C) groups is 1. The summed E-state index contributed by atoms with van der Waals surface area (Å²) in [5, 5.41) is 3.31. The highest BCUT2D eigenvalue weighted by atomic mass is 32.3. The standard InChI is InChI=1S/C18H20FN3O4S2/c1-3-10-20-17(23)15-9-8-14(22(15)2)13-11-27-18(21-13)12-6-4-5-7-16(12)26-28(19,24)25/h1,4-7,13-15H,8-11H2,2H3,(H,20,23)/t13-,14+,15+/m0/s1. The van der Waals surface area contributed by atoms with E-state index in [1.807, 2.05) is 11.9 Å². The number of thioether (sulfide) groups is 1. The maximum Gasteiger partial charge on any atom is 0.488 e. The first-order chi connectivity index (χ1) is 13.3. The third-order valence-electron chi connectivity index (χ3n) is 4.84. The summed E-state index contributed by atoms with van der Waals surface area (Å²) in [7, 11) is -3.23. The number of carbonyl (C=O) groups excluding carboxylic acids is 1. The number of para-hydroxylation sites is 1. The molecule has 1 amide bonds. The lowest BCUT2D eigenvalue weighted by Gasteiger charge is -2.27. The summed E-state index contributed by atoms with van der Waals surface area (Å²) in [5.74, 6) is 2.88. The molecule has 1 aromatic rings. The van der Waals surface area contributed by atoms with Crippen molar-refractivity contribution in [2.75, 3.05) is 19.3 Å². The smallest absolute Gasteiger partial charge is 0.358 e. The van der Waals surface area contributed by atoms with E-state index in [0.29, 0.717) is 22.8 Å². The first-order valence-corrected chi connectivity index (χ1v) is 11.0. The molecule has 1 aromatic carbocycles. The molecule has 2 heterocycles. The van der Waals surface area contributed by atoms with Gasteiger partial charge in [-0.2, -0.15) is 8.42 Å². The highest BCUT2D eigenvalue weighted by molar-refractivity contribution is 8.14. The van der Waals surface area contributed by atoms with Crippen LogP contribution >= 0.6 is 11.8 Å². The van der Waals surface area contributed by atoms with E-state index in [1.54, 1.807) is 18.2 Å². The minimum absolute atomic E-state index is 0.0644. The van der Waals surface area contributed by atoms with Gasteiger partial charge in [-0.1, -0.05) is 21.9 Å². The molecule has 0 saturated carbocycles. The summed E-state index contributed by atoms with van der Waals surface area (Å²) in [4.78, 5) is 19.0. The van der Waals surface area contributed by atoms with Gasteiger partial charge in [0.05, 0.1) is 24.2 Å². The van der Waals surface area contributed by atoms with Gasteiger partial charge < -0.3 is 9.50 Å². The Morgan fingerprint density at radius 2 is 2.21 bits per heavy atom. The zero-order chi connectivity index (χ0) is 20.3. The molecular formula is C18H20FN3O4S2. The van der Waals surface area contributed by atoms with Crippen molar-refractivity contribution >= 4 is 33.2 Å². The van der Waals surface area contributed by atoms with Crippen molar-refractivity contribution in [1.29, 1.82) is 0 Å². The highest BCUT2D eigenvalue weighted by Crippen LogP contribution is 2.35. The second kappa shape index (κ2) is 8.51. The van der Waals surface area contributed by atoms with Gasteiger partial charge in [-0.3, -0.25) is 14.7 Å². The van der Waals surface area contributed by atoms with Crippen LogP contribution in [0.3, 0.4) is 0 Å². The van der Waals surface area contributed by atoms with Gasteiger partial charge in [0.2, 0.25) is 5.91 Å². The first kappa shape index (κ1) is 20.6. The highest BCUT2D eigenvalue weighted by Gasteiger charge is 2.40. The van der Waals surface area contributed by atoms with E-state index in [9.17, 15) is 17.1 Å². The summed E-state index contributed by atoms with van der Waals surface area (Å²) >= 11 is 1.46. The van der Waals surface area contributed by atoms with E-state index in [2.05, 4.69) is 15.4 Å². The van der Waals surface area contributed by atoms with E-state index in [1.165, 1.54) is 17.8 Å². The number of rotatable bonds is 6. The molecule has 1 N–H and O–H groups in total. The Labute approximate surface area is 168 Å². The number of nitrogens with zero attached hydrogens (tertiary/aromatic N) is 2. The second-order valence-electron chi connectivity index (χ2n) is 6.53. The van der Waals surface area contributed by atoms with Crippen molar-refractivity contribution in [2.24, 2.45) is 4.99 Å². The topological polar surface area (TPSA) is 88.1 Å². The summed E-state index contributed by atoms with van der Waals surface area (Å²) in [6.45, 7) is 0.198. The number of halogens is 1. The molecule has 0 aromatic heterocycles. The first-order valence-electron chi connectivity index (χ1n) is 8.67. The molecule has 0 spiro atoms. The maximum absolute atomic E-state index is 13.0. The Bertz CT molecular complexity index is 929. The van der Waals surface area contributed by atoms with Crippen molar-refractivity contribution in [2.45, 2.75) is 31.0 Å². The van der Waals surface area contributed by atoms with Gasteiger partial charge in [0.1, 0.15) is 5.04 Å². The Morgan fingerprint density at radius 1 is 1.46 bits per heavy atom. The Morgan fingerprint density at radius 3 is 2.93 bits per heavy atom. The molecule has 0 bridgehead atoms. The largest absolute Gasteiger partial charge is 0.488 e. The number of carbonyl (C=O) groups is 1. The summed E-state index contributed by atoms with van der Waals surface area (Å²) in [5.41, 5.74) is 0.431. The monoisotopic (exact) mass is 425 g/mol. The lowest BCUT2D eigenvalue weighted by molar-refractivity contribution is -0.125. The van der Waals surface area contributed by atoms with Crippen molar-refractivity contribution in [3.8, 4) is 18.1 Å². The molecular weight excluding hydrogens is 405 g/mol. The van der Waals surface area contributed by atoms with Crippen LogP contribution in [-0.4, -0.2) is 61.7 Å². The van der Waals surface area contributed by atoms with Gasteiger partial charge >= 0.3 is 10.5 Å². The molecule has 0 aliphatic carbocycles. The number of hydrogen-bond donors (Lipinski definition) is 1. The lowest BCUT2D eigenvalue weighted by atomic mass is 10.1. The van der Waals surface area contributed by atoms with Crippen molar-refractivity contribution in [3.63, 3.8) is 0 Å². The molecule has 3 atom stereocenters. The molecule has 2 aliphatic rings. The number of terminal acetylenes is 1. The molecule has 150 valence electrons. The average Bonchev–Trinajstić information content (AvgIpc) is 3.25. The molecule has 1 saturated heterocycles. The predicted molar refractivity (Wildman–Crippen MR) is 106 cm³/mol. The van der Waals surface area contributed by atoms with Crippen LogP contribution < -0.4 is 9.50 Å². The van der Waals surface area contributed by atoms with E-state index in [0.717, 1.165) is 6.42 Å². The average molecular weight is 426 g/mol. The number of benzene rings is 1. The minimum atomic E-state index is -5.12. The van der Waals surface area contributed by atoms with Gasteiger partial charge in [0, 0.05) is 11.8 Å². The number of nitrogens with one attached hydrogen (secondary N) is 1. The SMILES string of the molecule is C#CCNC(=O)[C@H]1CC[C@H]([C@@H]2CSC(c3ccccc3OS(=O)(=O)F)=N2)N1C. The van der Waals surface area contributed by atoms with Gasteiger partial charge in [0.15, 0.2) is 5.75 Å². The van der Waals surface area contributed by atoms with Crippen LogP contribution in [0.1, 0.15) is 18.4 Å². The molecule has 3 rings (SSSR count). The van der Waals surface area contributed by atoms with E-state index in [4.69, 9.17) is 11.4 Å². The number of likely N-dealkylation sites (tertiary alicyclic amines) is 1. The molecule has 7 nitrogen and oxygen atoms in total. The Hall–Kier alpha value is -2.09. The van der Waals surface area contributed by atoms with Crippen molar-refractivity contribution in [1.82, 2.24) is 10.2 Å². The third-order valence-corrected chi connectivity index (χ3v) is 6.33. The maximum atomic E-state index is 13.0. The molecule has 10 heteroatoms. The van der Waals surface area contributed by atoms with E-state index >= 15 is 0 Å². The zero-order valence-corrected chi connectivity index (χ0v) is 16.8. The third kappa shape index (κ3) is 4.66. The Balaban J connectivity index is 1.75. The molecule has 0 radical (unpaired) electrons. The summed E-state index contributed by atoms with van der Waals surface area (Å²) in [6, 6.07) is 6.05. The predicted octanol–water partition coefficient (Wildman–Crippen LogP) is 1.35. The molecule has 1 fully saturated rings. The number of amides is 1. The van der Waals surface area contributed by atoms with Gasteiger partial charge in [-0.15, -0.1) is 18.2 Å². The molecule has 28 heavy (non-hydrogen) atoms. The second-order valence-corrected chi connectivity index (χ2v) is 8.49.